The second-order valence-electron chi connectivity index (χ2n) is 13.0. The number of rotatable bonds is 4. The van der Waals surface area contributed by atoms with Gasteiger partial charge in [-0.05, 0) is 104 Å². The predicted molar refractivity (Wildman–Crippen MR) is 132 cm³/mol. The van der Waals surface area contributed by atoms with Gasteiger partial charge < -0.3 is 10.2 Å². The molecule has 0 bridgehead atoms. The van der Waals surface area contributed by atoms with E-state index >= 15 is 0 Å². The van der Waals surface area contributed by atoms with Crippen LogP contribution in [-0.4, -0.2) is 38.6 Å². The van der Waals surface area contributed by atoms with Crippen LogP contribution in [0, 0.1) is 52.3 Å². The molecule has 0 amide bonds. The number of fused-ring (bicyclic) bond motifs is 5. The number of carbonyl (C=O) groups is 2. The van der Waals surface area contributed by atoms with E-state index in [0.717, 1.165) is 32.1 Å². The van der Waals surface area contributed by atoms with Crippen molar-refractivity contribution in [2.24, 2.45) is 52.3 Å². The minimum atomic E-state index is -0.258. The number of thioether (sulfide) groups is 1. The number of Topliss-reactive ketones (excluding diaryl/α,β-unsaturated/α-hetero) is 1. The van der Waals surface area contributed by atoms with Crippen molar-refractivity contribution < 1.29 is 19.8 Å². The maximum absolute atomic E-state index is 12.3. The third-order valence-corrected chi connectivity index (χ3v) is 12.8. The van der Waals surface area contributed by atoms with Gasteiger partial charge in [0, 0.05) is 0 Å². The van der Waals surface area contributed by atoms with Gasteiger partial charge in [0.2, 0.25) is 0 Å². The van der Waals surface area contributed by atoms with Crippen LogP contribution in [0.15, 0.2) is 0 Å². The molecule has 1 aliphatic heterocycles. The fourth-order valence-electron chi connectivity index (χ4n) is 10.1. The van der Waals surface area contributed by atoms with Crippen molar-refractivity contribution in [2.75, 3.05) is 0 Å². The maximum Gasteiger partial charge on any atom is 0.197 e. The largest absolute Gasteiger partial charge is 0.393 e. The molecule has 0 radical (unpaired) electrons. The van der Waals surface area contributed by atoms with Gasteiger partial charge in [-0.25, -0.2) is 0 Å². The van der Waals surface area contributed by atoms with Crippen LogP contribution in [0.4, 0.5) is 0 Å². The van der Waals surface area contributed by atoms with E-state index < -0.39 is 0 Å². The van der Waals surface area contributed by atoms with E-state index in [2.05, 4.69) is 27.7 Å². The van der Waals surface area contributed by atoms with Gasteiger partial charge in [-0.3, -0.25) is 9.59 Å². The van der Waals surface area contributed by atoms with Gasteiger partial charge in [0.05, 0.1) is 23.9 Å². The molecule has 4 aliphatic carbocycles. The molecule has 0 aromatic rings. The van der Waals surface area contributed by atoms with Crippen LogP contribution in [0.3, 0.4) is 0 Å². The molecule has 5 heteroatoms. The third kappa shape index (κ3) is 3.69. The Morgan fingerprint density at radius 1 is 1.00 bits per heavy atom. The molecule has 0 aromatic carbocycles. The van der Waals surface area contributed by atoms with Gasteiger partial charge in [0.25, 0.3) is 0 Å². The summed E-state index contributed by atoms with van der Waals surface area (Å²) in [5.41, 5.74) is 0.454. The highest BCUT2D eigenvalue weighted by molar-refractivity contribution is 8.15. The van der Waals surface area contributed by atoms with Crippen molar-refractivity contribution in [2.45, 2.75) is 109 Å². The number of aliphatic hydroxyl groups excluding tert-OH is 2. The normalized spacial score (nSPS) is 52.8. The van der Waals surface area contributed by atoms with Gasteiger partial charge in [-0.1, -0.05) is 45.9 Å². The zero-order valence-electron chi connectivity index (χ0n) is 21.0. The molecule has 1 saturated heterocycles. The van der Waals surface area contributed by atoms with Crippen molar-refractivity contribution >= 4 is 22.7 Å². The molecule has 0 aromatic heterocycles. The highest BCUT2D eigenvalue weighted by Gasteiger charge is 2.65. The Hall–Kier alpha value is -0.390. The Bertz CT molecular complexity index is 799. The molecule has 4 nitrogen and oxygen atoms in total. The van der Waals surface area contributed by atoms with E-state index in [9.17, 15) is 19.8 Å². The van der Waals surface area contributed by atoms with E-state index in [1.54, 1.807) is 0 Å². The Morgan fingerprint density at radius 3 is 2.36 bits per heavy atom. The smallest absolute Gasteiger partial charge is 0.197 e. The lowest BCUT2D eigenvalue weighted by Gasteiger charge is -2.64. The highest BCUT2D eigenvalue weighted by Crippen LogP contribution is 2.69. The van der Waals surface area contributed by atoms with Gasteiger partial charge in [0.1, 0.15) is 0 Å². The standard InChI is InChI=1S/C28H44O4S/c1-5-17-21-13-16(29)8-10-28(21,4)20-9-11-27(3)18(6-7-19(27)25(20)26(17)32)15(2)12-23-22(30)14-24(31)33-23/h15-21,23,25-26,29,32H,5-14H2,1-4H3/t15-,16-,17-,18-,19?,20?,21+,23?,25?,26?,27-,28-/m1/s1. The summed E-state index contributed by atoms with van der Waals surface area (Å²) in [4.78, 5) is 24.1. The van der Waals surface area contributed by atoms with Crippen LogP contribution in [0.1, 0.15) is 91.9 Å². The van der Waals surface area contributed by atoms with Crippen molar-refractivity contribution in [1.82, 2.24) is 0 Å². The number of ketones is 1. The molecule has 12 atom stereocenters. The lowest BCUT2D eigenvalue weighted by atomic mass is 9.41. The molecular weight excluding hydrogens is 432 g/mol. The summed E-state index contributed by atoms with van der Waals surface area (Å²) in [6.45, 7) is 9.53. The van der Waals surface area contributed by atoms with Crippen LogP contribution in [-0.2, 0) is 9.59 Å². The number of carbonyl (C=O) groups excluding carboxylic acids is 2. The average molecular weight is 477 g/mol. The van der Waals surface area contributed by atoms with E-state index in [1.807, 2.05) is 0 Å². The maximum atomic E-state index is 12.3. The fourth-order valence-corrected chi connectivity index (χ4v) is 11.3. The monoisotopic (exact) mass is 476 g/mol. The summed E-state index contributed by atoms with van der Waals surface area (Å²) in [6.07, 6.45) is 9.14. The Kier molecular flexibility index (Phi) is 6.35. The van der Waals surface area contributed by atoms with Crippen LogP contribution in [0.2, 0.25) is 0 Å². The number of hydrogen-bond donors (Lipinski definition) is 2. The first kappa shape index (κ1) is 24.3. The molecule has 33 heavy (non-hydrogen) atoms. The van der Waals surface area contributed by atoms with E-state index in [-0.39, 0.29) is 45.6 Å². The molecular formula is C28H44O4S. The SMILES string of the molecule is CC[C@H]1C(O)C2C3CC[C@H]([C@H](C)CC4SC(=O)CC4=O)[C@@]3(C)CCC2[C@@]2(C)CC[C@@H](O)C[C@@H]12. The summed E-state index contributed by atoms with van der Waals surface area (Å²) in [5, 5.41) is 22.2. The van der Waals surface area contributed by atoms with Gasteiger partial charge in [0.15, 0.2) is 10.9 Å². The molecule has 5 unspecified atom stereocenters. The summed E-state index contributed by atoms with van der Waals surface area (Å²) in [6, 6.07) is 0. The average Bonchev–Trinajstić information content (AvgIpc) is 3.27. The Morgan fingerprint density at radius 2 is 1.70 bits per heavy atom. The highest BCUT2D eigenvalue weighted by atomic mass is 32.2. The van der Waals surface area contributed by atoms with E-state index in [1.165, 1.54) is 37.4 Å². The van der Waals surface area contributed by atoms with Crippen LogP contribution in [0.5, 0.6) is 0 Å². The lowest BCUT2D eigenvalue weighted by molar-refractivity contribution is -0.203. The third-order valence-electron chi connectivity index (χ3n) is 11.7. The molecule has 5 fully saturated rings. The van der Waals surface area contributed by atoms with Crippen LogP contribution < -0.4 is 0 Å². The molecule has 4 saturated carbocycles. The second kappa shape index (κ2) is 8.62. The van der Waals surface area contributed by atoms with Gasteiger partial charge in [-0.2, -0.15) is 0 Å². The molecule has 5 aliphatic rings. The Labute approximate surface area is 204 Å². The van der Waals surface area contributed by atoms with Crippen molar-refractivity contribution in [3.63, 3.8) is 0 Å². The fraction of sp³-hybridized carbons (Fsp3) is 0.929. The minimum Gasteiger partial charge on any atom is -0.393 e. The topological polar surface area (TPSA) is 74.6 Å². The minimum absolute atomic E-state index is 0.0459. The predicted octanol–water partition coefficient (Wildman–Crippen LogP) is 5.24. The van der Waals surface area contributed by atoms with Gasteiger partial charge >= 0.3 is 0 Å². The molecule has 2 N–H and O–H groups in total. The summed E-state index contributed by atoms with van der Waals surface area (Å²) >= 11 is 1.27. The van der Waals surface area contributed by atoms with Crippen molar-refractivity contribution in [3.05, 3.63) is 0 Å². The zero-order valence-corrected chi connectivity index (χ0v) is 21.8. The quantitative estimate of drug-likeness (QED) is 0.543. The second-order valence-corrected chi connectivity index (χ2v) is 14.2. The molecule has 186 valence electrons. The zero-order chi connectivity index (χ0) is 23.7. The summed E-state index contributed by atoms with van der Waals surface area (Å²) < 4.78 is 0. The first-order valence-corrected chi connectivity index (χ1v) is 14.6. The first-order valence-electron chi connectivity index (χ1n) is 13.7. The van der Waals surface area contributed by atoms with Crippen molar-refractivity contribution in [3.8, 4) is 0 Å². The summed E-state index contributed by atoms with van der Waals surface area (Å²) in [7, 11) is 0. The lowest BCUT2D eigenvalue weighted by Crippen LogP contribution is -2.62. The van der Waals surface area contributed by atoms with Gasteiger partial charge in [-0.15, -0.1) is 0 Å². The summed E-state index contributed by atoms with van der Waals surface area (Å²) in [5.74, 6) is 3.34. The van der Waals surface area contributed by atoms with Crippen LogP contribution >= 0.6 is 11.8 Å². The van der Waals surface area contributed by atoms with E-state index in [0.29, 0.717) is 41.4 Å². The molecule has 5 rings (SSSR count). The first-order chi connectivity index (χ1) is 15.6. The van der Waals surface area contributed by atoms with Crippen LogP contribution in [0.25, 0.3) is 0 Å². The molecule has 0 spiro atoms. The number of aliphatic hydroxyl groups is 2. The number of hydrogen-bond acceptors (Lipinski definition) is 5. The molecule has 1 heterocycles. The van der Waals surface area contributed by atoms with E-state index in [4.69, 9.17) is 0 Å². The Balaban J connectivity index is 1.39. The van der Waals surface area contributed by atoms with Crippen molar-refractivity contribution in [1.29, 1.82) is 0 Å².